The highest BCUT2D eigenvalue weighted by atomic mass is 16.2. The molecule has 2 aliphatic heterocycles. The molecule has 1 aromatic rings. The lowest BCUT2D eigenvalue weighted by Gasteiger charge is -2.35. The van der Waals surface area contributed by atoms with Crippen molar-refractivity contribution in [3.8, 4) is 0 Å². The normalized spacial score (nSPS) is 18.8. The molecule has 1 aromatic carbocycles. The van der Waals surface area contributed by atoms with Crippen LogP contribution in [0.25, 0.3) is 0 Å². The first-order valence-electron chi connectivity index (χ1n) is 8.65. The van der Waals surface area contributed by atoms with E-state index in [1.807, 2.05) is 13.8 Å². The van der Waals surface area contributed by atoms with Crippen LogP contribution in [-0.4, -0.2) is 77.9 Å². The maximum Gasteiger partial charge on any atom is 0.262 e. The number of benzene rings is 1. The third-order valence-electron chi connectivity index (χ3n) is 4.50. The maximum absolute atomic E-state index is 12.4. The van der Waals surface area contributed by atoms with E-state index in [0.717, 1.165) is 26.2 Å². The minimum Gasteiger partial charge on any atom is -0.353 e. The first-order chi connectivity index (χ1) is 12.0. The Morgan fingerprint density at radius 2 is 1.52 bits per heavy atom. The van der Waals surface area contributed by atoms with Crippen LogP contribution in [0.2, 0.25) is 0 Å². The molecule has 1 N–H and O–H groups in total. The first kappa shape index (κ1) is 17.6. The van der Waals surface area contributed by atoms with E-state index in [-0.39, 0.29) is 23.8 Å². The quantitative estimate of drug-likeness (QED) is 0.782. The Kier molecular flexibility index (Phi) is 5.15. The summed E-state index contributed by atoms with van der Waals surface area (Å²) in [6.45, 7) is 7.52. The van der Waals surface area contributed by atoms with Crippen molar-refractivity contribution in [2.45, 2.75) is 19.9 Å². The fourth-order valence-electron chi connectivity index (χ4n) is 3.23. The van der Waals surface area contributed by atoms with Gasteiger partial charge in [0.15, 0.2) is 0 Å². The Balaban J connectivity index is 1.51. The number of hydrogen-bond acceptors (Lipinski definition) is 5. The Hall–Kier alpha value is -2.25. The van der Waals surface area contributed by atoms with Crippen molar-refractivity contribution in [2.75, 3.05) is 39.4 Å². The van der Waals surface area contributed by atoms with Crippen molar-refractivity contribution in [1.29, 1.82) is 0 Å². The van der Waals surface area contributed by atoms with E-state index in [9.17, 15) is 14.4 Å². The number of carbonyl (C=O) groups excluding carboxylic acids is 3. The summed E-state index contributed by atoms with van der Waals surface area (Å²) in [5.74, 6) is -0.414. The van der Waals surface area contributed by atoms with E-state index < -0.39 is 0 Å². The fraction of sp³-hybridized carbons (Fsp3) is 0.500. The van der Waals surface area contributed by atoms with Gasteiger partial charge in [-0.3, -0.25) is 29.1 Å². The molecule has 134 valence electrons. The predicted molar refractivity (Wildman–Crippen MR) is 93.1 cm³/mol. The predicted octanol–water partition coefficient (Wildman–Crippen LogP) is 0.382. The Labute approximate surface area is 147 Å². The van der Waals surface area contributed by atoms with Crippen LogP contribution in [0.5, 0.6) is 0 Å². The molecule has 1 saturated heterocycles. The number of rotatable bonds is 5. The number of nitrogens with one attached hydrogen (secondary N) is 1. The highest BCUT2D eigenvalue weighted by Gasteiger charge is 2.36. The number of imide groups is 1. The molecular weight excluding hydrogens is 320 g/mol. The van der Waals surface area contributed by atoms with Crippen LogP contribution in [0.4, 0.5) is 0 Å². The summed E-state index contributed by atoms with van der Waals surface area (Å²) in [5, 5.41) is 2.89. The van der Waals surface area contributed by atoms with E-state index in [0.29, 0.717) is 24.3 Å². The molecule has 0 atom stereocenters. The molecule has 0 aromatic heterocycles. The van der Waals surface area contributed by atoms with Crippen LogP contribution in [0.15, 0.2) is 24.3 Å². The van der Waals surface area contributed by atoms with Crippen molar-refractivity contribution in [3.05, 3.63) is 35.4 Å². The second-order valence-electron chi connectivity index (χ2n) is 6.84. The van der Waals surface area contributed by atoms with Gasteiger partial charge in [-0.1, -0.05) is 12.1 Å². The summed E-state index contributed by atoms with van der Waals surface area (Å²) in [4.78, 5) is 42.1. The van der Waals surface area contributed by atoms with Crippen molar-refractivity contribution in [2.24, 2.45) is 0 Å². The molecule has 7 nitrogen and oxygen atoms in total. The van der Waals surface area contributed by atoms with Gasteiger partial charge in [0.1, 0.15) is 0 Å². The molecule has 2 aliphatic rings. The van der Waals surface area contributed by atoms with Gasteiger partial charge in [0.2, 0.25) is 5.91 Å². The number of hydrogen-bond donors (Lipinski definition) is 1. The summed E-state index contributed by atoms with van der Waals surface area (Å²) in [7, 11) is 0. The molecule has 3 amide bonds. The maximum atomic E-state index is 12.4. The number of fused-ring (bicyclic) bond motifs is 1. The summed E-state index contributed by atoms with van der Waals surface area (Å²) in [5.41, 5.74) is 0.966. The van der Waals surface area contributed by atoms with Gasteiger partial charge < -0.3 is 5.32 Å². The van der Waals surface area contributed by atoms with E-state index in [2.05, 4.69) is 15.1 Å². The van der Waals surface area contributed by atoms with Gasteiger partial charge in [0, 0.05) is 32.2 Å². The van der Waals surface area contributed by atoms with Crippen molar-refractivity contribution in [3.63, 3.8) is 0 Å². The smallest absolute Gasteiger partial charge is 0.262 e. The molecule has 7 heteroatoms. The van der Waals surface area contributed by atoms with Gasteiger partial charge in [0.05, 0.1) is 24.3 Å². The molecule has 0 bridgehead atoms. The topological polar surface area (TPSA) is 73.0 Å². The molecule has 0 radical (unpaired) electrons. The van der Waals surface area contributed by atoms with Gasteiger partial charge in [-0.15, -0.1) is 0 Å². The van der Waals surface area contributed by atoms with Crippen molar-refractivity contribution >= 4 is 17.7 Å². The Morgan fingerprint density at radius 3 is 2.04 bits per heavy atom. The zero-order valence-electron chi connectivity index (χ0n) is 14.7. The van der Waals surface area contributed by atoms with Crippen molar-refractivity contribution < 1.29 is 14.4 Å². The molecule has 0 aliphatic carbocycles. The van der Waals surface area contributed by atoms with Crippen LogP contribution in [-0.2, 0) is 4.79 Å². The Bertz CT molecular complexity index is 646. The molecule has 0 unspecified atom stereocenters. The standard InChI is InChI=1S/C18H24N4O3/c1-13(2)19-16(23)11-20-7-9-21(10-8-20)12-22-17(24)14-5-3-4-6-15(14)18(22)25/h3-6,13H,7-12H2,1-2H3,(H,19,23). The van der Waals surface area contributed by atoms with Gasteiger partial charge in [-0.2, -0.15) is 0 Å². The second-order valence-corrected chi connectivity index (χ2v) is 6.84. The third kappa shape index (κ3) is 3.88. The first-order valence-corrected chi connectivity index (χ1v) is 8.65. The SMILES string of the molecule is CC(C)NC(=O)CN1CCN(CN2C(=O)c3ccccc3C2=O)CC1. The van der Waals surface area contributed by atoms with E-state index >= 15 is 0 Å². The average molecular weight is 344 g/mol. The zero-order chi connectivity index (χ0) is 18.0. The summed E-state index contributed by atoms with van der Waals surface area (Å²) < 4.78 is 0. The molecule has 25 heavy (non-hydrogen) atoms. The van der Waals surface area contributed by atoms with Crippen LogP contribution in [0.1, 0.15) is 34.6 Å². The Morgan fingerprint density at radius 1 is 1.00 bits per heavy atom. The van der Waals surface area contributed by atoms with Gasteiger partial charge in [-0.05, 0) is 26.0 Å². The largest absolute Gasteiger partial charge is 0.353 e. The monoisotopic (exact) mass is 344 g/mol. The lowest BCUT2D eigenvalue weighted by Crippen LogP contribution is -2.53. The number of nitrogens with zero attached hydrogens (tertiary/aromatic N) is 3. The highest BCUT2D eigenvalue weighted by molar-refractivity contribution is 6.21. The summed E-state index contributed by atoms with van der Waals surface area (Å²) >= 11 is 0. The minimum absolute atomic E-state index is 0.0313. The molecular formula is C18H24N4O3. The number of piperazine rings is 1. The van der Waals surface area contributed by atoms with E-state index in [1.54, 1.807) is 24.3 Å². The van der Waals surface area contributed by atoms with Crippen LogP contribution >= 0.6 is 0 Å². The third-order valence-corrected chi connectivity index (χ3v) is 4.50. The lowest BCUT2D eigenvalue weighted by atomic mass is 10.1. The van der Waals surface area contributed by atoms with Crippen LogP contribution in [0, 0.1) is 0 Å². The summed E-state index contributed by atoms with van der Waals surface area (Å²) in [6.07, 6.45) is 0. The molecule has 3 rings (SSSR count). The van der Waals surface area contributed by atoms with Gasteiger partial charge in [-0.25, -0.2) is 0 Å². The zero-order valence-corrected chi connectivity index (χ0v) is 14.7. The average Bonchev–Trinajstić information content (AvgIpc) is 2.81. The van der Waals surface area contributed by atoms with E-state index in [1.165, 1.54) is 4.90 Å². The lowest BCUT2D eigenvalue weighted by molar-refractivity contribution is -0.123. The number of carbonyl (C=O) groups is 3. The fourth-order valence-corrected chi connectivity index (χ4v) is 3.23. The minimum atomic E-state index is -0.223. The van der Waals surface area contributed by atoms with Crippen LogP contribution < -0.4 is 5.32 Å². The van der Waals surface area contributed by atoms with Crippen molar-refractivity contribution in [1.82, 2.24) is 20.0 Å². The summed E-state index contributed by atoms with van der Waals surface area (Å²) in [6, 6.07) is 7.08. The number of amides is 3. The second kappa shape index (κ2) is 7.33. The molecule has 2 heterocycles. The van der Waals surface area contributed by atoms with Crippen LogP contribution in [0.3, 0.4) is 0 Å². The van der Waals surface area contributed by atoms with Gasteiger partial charge >= 0.3 is 0 Å². The van der Waals surface area contributed by atoms with Gasteiger partial charge in [0.25, 0.3) is 11.8 Å². The van der Waals surface area contributed by atoms with E-state index in [4.69, 9.17) is 0 Å². The highest BCUT2D eigenvalue weighted by Crippen LogP contribution is 2.22. The molecule has 1 fully saturated rings. The molecule has 0 spiro atoms. The molecule has 0 saturated carbocycles.